The van der Waals surface area contributed by atoms with Crippen LogP contribution in [0.4, 0.5) is 0 Å². The van der Waals surface area contributed by atoms with E-state index in [1.807, 2.05) is 11.6 Å². The molecule has 2 aliphatic rings. The molecule has 1 amide bonds. The lowest BCUT2D eigenvalue weighted by atomic mass is 9.85. The lowest BCUT2D eigenvalue weighted by Crippen LogP contribution is -2.40. The second-order valence-electron chi connectivity index (χ2n) is 8.18. The van der Waals surface area contributed by atoms with Gasteiger partial charge in [0, 0.05) is 30.6 Å². The Morgan fingerprint density at radius 3 is 2.76 bits per heavy atom. The Morgan fingerprint density at radius 1 is 1.32 bits per heavy atom. The second-order valence-corrected chi connectivity index (χ2v) is 8.54. The van der Waals surface area contributed by atoms with Crippen molar-refractivity contribution >= 4 is 17.5 Å². The number of amides is 1. The van der Waals surface area contributed by atoms with Gasteiger partial charge in [0.15, 0.2) is 0 Å². The van der Waals surface area contributed by atoms with Crippen molar-refractivity contribution in [1.82, 2.24) is 14.7 Å². The van der Waals surface area contributed by atoms with Gasteiger partial charge in [0.2, 0.25) is 5.91 Å². The average Bonchev–Trinajstić information content (AvgIpc) is 3.11. The summed E-state index contributed by atoms with van der Waals surface area (Å²) in [7, 11) is 0. The number of carbonyl (C=O) groups is 1. The molecular formula is C19H31ClN4O. The first-order chi connectivity index (χ1) is 11.9. The van der Waals surface area contributed by atoms with E-state index in [1.165, 1.54) is 0 Å². The molecule has 0 aromatic carbocycles. The smallest absolute Gasteiger partial charge is 0.226 e. The van der Waals surface area contributed by atoms with E-state index in [0.717, 1.165) is 62.9 Å². The van der Waals surface area contributed by atoms with Crippen molar-refractivity contribution in [2.75, 3.05) is 6.54 Å². The number of halogens is 1. The van der Waals surface area contributed by atoms with Gasteiger partial charge in [-0.25, -0.2) is 0 Å². The van der Waals surface area contributed by atoms with Gasteiger partial charge in [0.05, 0.1) is 11.7 Å². The molecule has 2 N–H and O–H groups in total. The molecule has 2 fully saturated rings. The van der Waals surface area contributed by atoms with Crippen LogP contribution in [0.15, 0.2) is 0 Å². The van der Waals surface area contributed by atoms with Crippen LogP contribution in [0.1, 0.15) is 69.7 Å². The third-order valence-corrected chi connectivity index (χ3v) is 5.98. The molecule has 1 aliphatic heterocycles. The summed E-state index contributed by atoms with van der Waals surface area (Å²) in [4.78, 5) is 15.2. The topological polar surface area (TPSA) is 64.2 Å². The number of nitrogens with two attached hydrogens (primary N) is 1. The van der Waals surface area contributed by atoms with E-state index in [4.69, 9.17) is 17.3 Å². The zero-order chi connectivity index (χ0) is 18.1. The fourth-order valence-corrected chi connectivity index (χ4v) is 4.80. The van der Waals surface area contributed by atoms with E-state index in [9.17, 15) is 4.79 Å². The molecule has 2 heterocycles. The van der Waals surface area contributed by atoms with E-state index < -0.39 is 0 Å². The van der Waals surface area contributed by atoms with Gasteiger partial charge in [-0.3, -0.25) is 9.48 Å². The van der Waals surface area contributed by atoms with Gasteiger partial charge in [-0.05, 0) is 44.9 Å². The van der Waals surface area contributed by atoms with E-state index in [2.05, 4.69) is 23.8 Å². The Labute approximate surface area is 155 Å². The minimum absolute atomic E-state index is 0.0686. The summed E-state index contributed by atoms with van der Waals surface area (Å²) in [6.07, 6.45) is 5.89. The van der Waals surface area contributed by atoms with Crippen molar-refractivity contribution in [2.24, 2.45) is 17.6 Å². The number of likely N-dealkylation sites (tertiary alicyclic amines) is 1. The van der Waals surface area contributed by atoms with Crippen molar-refractivity contribution in [1.29, 1.82) is 0 Å². The Bertz CT molecular complexity index is 627. The Balaban J connectivity index is 1.82. The van der Waals surface area contributed by atoms with Crippen LogP contribution in [0.5, 0.6) is 0 Å². The zero-order valence-electron chi connectivity index (χ0n) is 15.7. The lowest BCUT2D eigenvalue weighted by molar-refractivity contribution is -0.137. The van der Waals surface area contributed by atoms with Crippen molar-refractivity contribution in [2.45, 2.75) is 77.9 Å². The van der Waals surface area contributed by atoms with Crippen LogP contribution >= 0.6 is 11.6 Å². The number of aryl methyl sites for hydroxylation is 1. The van der Waals surface area contributed by atoms with E-state index >= 15 is 0 Å². The van der Waals surface area contributed by atoms with Crippen LogP contribution in [0.2, 0.25) is 5.15 Å². The maximum atomic E-state index is 13.1. The first-order valence-corrected chi connectivity index (χ1v) is 10.0. The van der Waals surface area contributed by atoms with Crippen molar-refractivity contribution in [3.05, 3.63) is 16.4 Å². The molecule has 3 unspecified atom stereocenters. The monoisotopic (exact) mass is 366 g/mol. The molecule has 1 aliphatic carbocycles. The third-order valence-electron chi connectivity index (χ3n) is 5.58. The molecular weight excluding hydrogens is 336 g/mol. The summed E-state index contributed by atoms with van der Waals surface area (Å²) in [6, 6.07) is 0.238. The minimum atomic E-state index is 0.0686. The number of nitrogens with zero attached hydrogens (tertiary/aromatic N) is 3. The van der Waals surface area contributed by atoms with Crippen LogP contribution in [-0.2, 0) is 11.3 Å². The highest BCUT2D eigenvalue weighted by atomic mass is 35.5. The number of hydrogen-bond donors (Lipinski definition) is 1. The quantitative estimate of drug-likeness (QED) is 0.883. The summed E-state index contributed by atoms with van der Waals surface area (Å²) in [5.74, 6) is 0.827. The van der Waals surface area contributed by atoms with Crippen LogP contribution in [0.3, 0.4) is 0 Å². The van der Waals surface area contributed by atoms with Gasteiger partial charge in [0.1, 0.15) is 5.15 Å². The summed E-state index contributed by atoms with van der Waals surface area (Å²) in [5, 5.41) is 5.34. The summed E-state index contributed by atoms with van der Waals surface area (Å²) < 4.78 is 1.90. The highest BCUT2D eigenvalue weighted by Gasteiger charge is 2.38. The van der Waals surface area contributed by atoms with E-state index in [0.29, 0.717) is 11.1 Å². The molecule has 1 saturated heterocycles. The normalized spacial score (nSPS) is 27.3. The van der Waals surface area contributed by atoms with E-state index in [1.54, 1.807) is 0 Å². The van der Waals surface area contributed by atoms with Crippen LogP contribution in [0.25, 0.3) is 0 Å². The number of aromatic nitrogens is 2. The molecule has 3 atom stereocenters. The minimum Gasteiger partial charge on any atom is -0.335 e. The largest absolute Gasteiger partial charge is 0.335 e. The molecule has 6 heteroatoms. The Morgan fingerprint density at radius 2 is 2.08 bits per heavy atom. The SMILES string of the molecule is Cc1nn(CC(C)C)c(Cl)c1C1CCCN1C(=O)C1CCCC(N)C1. The summed E-state index contributed by atoms with van der Waals surface area (Å²) in [5.41, 5.74) is 8.10. The fourth-order valence-electron chi connectivity index (χ4n) is 4.43. The van der Waals surface area contributed by atoms with Crippen LogP contribution in [0, 0.1) is 18.8 Å². The van der Waals surface area contributed by atoms with Crippen molar-refractivity contribution in [3.63, 3.8) is 0 Å². The van der Waals surface area contributed by atoms with Crippen LogP contribution in [-0.4, -0.2) is 33.2 Å². The predicted octanol–water partition coefficient (Wildman–Crippen LogP) is 3.68. The van der Waals surface area contributed by atoms with Gasteiger partial charge < -0.3 is 10.6 Å². The molecule has 3 rings (SSSR count). The lowest BCUT2D eigenvalue weighted by Gasteiger charge is -2.32. The van der Waals surface area contributed by atoms with Gasteiger partial charge in [-0.1, -0.05) is 31.9 Å². The summed E-state index contributed by atoms with van der Waals surface area (Å²) >= 11 is 6.68. The maximum Gasteiger partial charge on any atom is 0.226 e. The fraction of sp³-hybridized carbons (Fsp3) is 0.789. The summed E-state index contributed by atoms with van der Waals surface area (Å²) in [6.45, 7) is 7.95. The van der Waals surface area contributed by atoms with Gasteiger partial charge in [0.25, 0.3) is 0 Å². The van der Waals surface area contributed by atoms with Crippen LogP contribution < -0.4 is 5.73 Å². The average molecular weight is 367 g/mol. The molecule has 1 saturated carbocycles. The number of hydrogen-bond acceptors (Lipinski definition) is 3. The standard InChI is InChI=1S/C19H31ClN4O/c1-12(2)11-24-18(20)17(13(3)22-24)16-8-5-9-23(16)19(25)14-6-4-7-15(21)10-14/h12,14-16H,4-11,21H2,1-3H3. The second kappa shape index (κ2) is 7.67. The number of carbonyl (C=O) groups excluding carboxylic acids is 1. The molecule has 25 heavy (non-hydrogen) atoms. The number of rotatable bonds is 4. The molecule has 5 nitrogen and oxygen atoms in total. The Kier molecular flexibility index (Phi) is 5.74. The molecule has 0 radical (unpaired) electrons. The first-order valence-electron chi connectivity index (χ1n) is 9.67. The molecule has 1 aromatic heterocycles. The highest BCUT2D eigenvalue weighted by Crippen LogP contribution is 2.40. The Hall–Kier alpha value is -1.07. The molecule has 0 bridgehead atoms. The zero-order valence-corrected chi connectivity index (χ0v) is 16.4. The predicted molar refractivity (Wildman–Crippen MR) is 100 cm³/mol. The third kappa shape index (κ3) is 3.87. The van der Waals surface area contributed by atoms with Gasteiger partial charge in [-0.2, -0.15) is 5.10 Å². The van der Waals surface area contributed by atoms with Crippen molar-refractivity contribution < 1.29 is 4.79 Å². The van der Waals surface area contributed by atoms with Gasteiger partial charge >= 0.3 is 0 Å². The molecule has 140 valence electrons. The van der Waals surface area contributed by atoms with Crippen molar-refractivity contribution in [3.8, 4) is 0 Å². The van der Waals surface area contributed by atoms with Gasteiger partial charge in [-0.15, -0.1) is 0 Å². The maximum absolute atomic E-state index is 13.1. The highest BCUT2D eigenvalue weighted by molar-refractivity contribution is 6.30. The first kappa shape index (κ1) is 18.7. The van der Waals surface area contributed by atoms with E-state index in [-0.39, 0.29) is 23.9 Å². The molecule has 0 spiro atoms. The molecule has 1 aromatic rings.